The molecule has 0 spiro atoms. The maximum absolute atomic E-state index is 12.5. The van der Waals surface area contributed by atoms with Crippen molar-refractivity contribution in [1.82, 2.24) is 5.43 Å². The molecule has 2 N–H and O–H groups in total. The van der Waals surface area contributed by atoms with E-state index in [1.807, 2.05) is 0 Å². The van der Waals surface area contributed by atoms with Crippen LogP contribution in [-0.4, -0.2) is 31.7 Å². The van der Waals surface area contributed by atoms with Crippen molar-refractivity contribution in [1.29, 1.82) is 0 Å². The van der Waals surface area contributed by atoms with E-state index in [1.165, 1.54) is 0 Å². The van der Waals surface area contributed by atoms with E-state index in [-0.39, 0.29) is 11.8 Å². The van der Waals surface area contributed by atoms with Gasteiger partial charge in [0.25, 0.3) is 11.8 Å². The first-order chi connectivity index (χ1) is 15.4. The fraction of sp³-hybridized carbons (Fsp3) is 0.125. The molecule has 7 nitrogen and oxygen atoms in total. The fourth-order valence-electron chi connectivity index (χ4n) is 2.91. The van der Waals surface area contributed by atoms with Crippen LogP contribution in [0.4, 0.5) is 5.69 Å². The average Bonchev–Trinajstić information content (AvgIpc) is 2.82. The molecule has 0 aromatic heterocycles. The van der Waals surface area contributed by atoms with E-state index in [0.29, 0.717) is 39.0 Å². The molecule has 0 bridgehead atoms. The van der Waals surface area contributed by atoms with Crippen molar-refractivity contribution in [2.45, 2.75) is 6.92 Å². The minimum atomic E-state index is -0.388. The van der Waals surface area contributed by atoms with Gasteiger partial charge in [-0.15, -0.1) is 0 Å². The van der Waals surface area contributed by atoms with Crippen LogP contribution in [0.3, 0.4) is 0 Å². The summed E-state index contributed by atoms with van der Waals surface area (Å²) < 4.78 is 10.6. The molecule has 0 atom stereocenters. The minimum Gasteiger partial charge on any atom is -0.497 e. The Morgan fingerprint density at radius 3 is 2.25 bits per heavy atom. The lowest BCUT2D eigenvalue weighted by atomic mass is 10.1. The molecule has 3 aromatic carbocycles. The van der Waals surface area contributed by atoms with Gasteiger partial charge < -0.3 is 14.8 Å². The van der Waals surface area contributed by atoms with Crippen LogP contribution in [0.5, 0.6) is 11.5 Å². The second-order valence-electron chi connectivity index (χ2n) is 6.72. The van der Waals surface area contributed by atoms with Gasteiger partial charge in [-0.2, -0.15) is 5.10 Å². The third kappa shape index (κ3) is 5.44. The number of methoxy groups -OCH3 is 2. The van der Waals surface area contributed by atoms with Crippen LogP contribution in [-0.2, 0) is 0 Å². The zero-order chi connectivity index (χ0) is 23.1. The van der Waals surface area contributed by atoms with Gasteiger partial charge in [-0.05, 0) is 55.5 Å². The highest BCUT2D eigenvalue weighted by Gasteiger charge is 2.12. The number of ether oxygens (including phenoxy) is 2. The number of hydrogen-bond acceptors (Lipinski definition) is 5. The number of anilines is 1. The molecule has 0 aliphatic carbocycles. The fourth-order valence-corrected chi connectivity index (χ4v) is 3.13. The topological polar surface area (TPSA) is 89.0 Å². The predicted molar refractivity (Wildman–Crippen MR) is 125 cm³/mol. The van der Waals surface area contributed by atoms with Gasteiger partial charge in [-0.1, -0.05) is 23.7 Å². The molecule has 0 radical (unpaired) electrons. The third-order valence-corrected chi connectivity index (χ3v) is 4.98. The molecule has 0 aliphatic rings. The van der Waals surface area contributed by atoms with Crippen LogP contribution in [0.1, 0.15) is 33.2 Å². The van der Waals surface area contributed by atoms with Crippen molar-refractivity contribution in [2.24, 2.45) is 5.10 Å². The number of hydrogen-bond donors (Lipinski definition) is 2. The minimum absolute atomic E-state index is 0.332. The summed E-state index contributed by atoms with van der Waals surface area (Å²) in [5, 5.41) is 7.28. The number of hydrazone groups is 1. The molecule has 0 aliphatic heterocycles. The summed E-state index contributed by atoms with van der Waals surface area (Å²) in [6.07, 6.45) is 0. The Hall–Kier alpha value is -3.84. The Balaban J connectivity index is 1.66. The molecule has 8 heteroatoms. The second-order valence-corrected chi connectivity index (χ2v) is 7.12. The number of rotatable bonds is 7. The van der Waals surface area contributed by atoms with Crippen molar-refractivity contribution in [3.63, 3.8) is 0 Å². The van der Waals surface area contributed by atoms with Gasteiger partial charge in [0.15, 0.2) is 0 Å². The summed E-state index contributed by atoms with van der Waals surface area (Å²) in [5.74, 6) is 0.518. The Morgan fingerprint density at radius 2 is 1.59 bits per heavy atom. The van der Waals surface area contributed by atoms with Crippen LogP contribution >= 0.6 is 11.6 Å². The zero-order valence-electron chi connectivity index (χ0n) is 17.8. The molecule has 3 rings (SSSR count). The van der Waals surface area contributed by atoms with Gasteiger partial charge in [0.1, 0.15) is 11.5 Å². The molecule has 3 aromatic rings. The number of nitrogens with one attached hydrogen (secondary N) is 2. The highest BCUT2D eigenvalue weighted by atomic mass is 35.5. The lowest BCUT2D eigenvalue weighted by molar-refractivity contribution is 0.0954. The Bertz CT molecular complexity index is 1160. The molecule has 32 heavy (non-hydrogen) atoms. The maximum Gasteiger partial charge on any atom is 0.271 e. The molecule has 164 valence electrons. The van der Waals surface area contributed by atoms with Crippen molar-refractivity contribution in [2.75, 3.05) is 19.5 Å². The largest absolute Gasteiger partial charge is 0.497 e. The van der Waals surface area contributed by atoms with E-state index in [1.54, 1.807) is 87.9 Å². The first-order valence-corrected chi connectivity index (χ1v) is 10.0. The number of amides is 2. The molecular weight excluding hydrogens is 430 g/mol. The number of benzene rings is 3. The first-order valence-electron chi connectivity index (χ1n) is 9.66. The van der Waals surface area contributed by atoms with E-state index in [0.717, 1.165) is 5.56 Å². The standard InChI is InChI=1S/C24H22ClN3O4/c1-15(19-13-12-18(31-2)14-22(19)32-3)27-28-23(29)16-8-10-17(11-9-16)26-24(30)20-6-4-5-7-21(20)25/h4-14H,1-3H3,(H,26,30)(H,28,29). The predicted octanol–water partition coefficient (Wildman–Crippen LogP) is 4.76. The Labute approximate surface area is 191 Å². The summed E-state index contributed by atoms with van der Waals surface area (Å²) >= 11 is 6.05. The molecule has 0 unspecified atom stereocenters. The van der Waals surface area contributed by atoms with Crippen molar-refractivity contribution < 1.29 is 19.1 Å². The summed E-state index contributed by atoms with van der Waals surface area (Å²) in [4.78, 5) is 24.8. The van der Waals surface area contributed by atoms with Crippen molar-refractivity contribution in [3.05, 3.63) is 88.4 Å². The monoisotopic (exact) mass is 451 g/mol. The van der Waals surface area contributed by atoms with Crippen LogP contribution in [0, 0.1) is 0 Å². The lowest BCUT2D eigenvalue weighted by Gasteiger charge is -2.10. The van der Waals surface area contributed by atoms with Gasteiger partial charge in [-0.3, -0.25) is 9.59 Å². The Kier molecular flexibility index (Phi) is 7.46. The van der Waals surface area contributed by atoms with Gasteiger partial charge >= 0.3 is 0 Å². The summed E-state index contributed by atoms with van der Waals surface area (Å²) in [6.45, 7) is 1.76. The quantitative estimate of drug-likeness (QED) is 0.400. The number of nitrogens with zero attached hydrogens (tertiary/aromatic N) is 1. The summed E-state index contributed by atoms with van der Waals surface area (Å²) in [6, 6.07) is 18.6. The molecular formula is C24H22ClN3O4. The SMILES string of the molecule is COc1ccc(C(C)=NNC(=O)c2ccc(NC(=O)c3ccccc3Cl)cc2)c(OC)c1. The van der Waals surface area contributed by atoms with Crippen molar-refractivity contribution in [3.8, 4) is 11.5 Å². The van der Waals surface area contributed by atoms with Gasteiger partial charge in [0, 0.05) is 22.9 Å². The van der Waals surface area contributed by atoms with Crippen molar-refractivity contribution >= 4 is 34.8 Å². The van der Waals surface area contributed by atoms with E-state index >= 15 is 0 Å². The maximum atomic E-state index is 12.5. The molecule has 0 fully saturated rings. The van der Waals surface area contributed by atoms with Gasteiger partial charge in [0.2, 0.25) is 0 Å². The number of halogens is 1. The van der Waals surface area contributed by atoms with Gasteiger partial charge in [0.05, 0.1) is 30.5 Å². The Morgan fingerprint density at radius 1 is 0.875 bits per heavy atom. The van der Waals surface area contributed by atoms with E-state index in [2.05, 4.69) is 15.8 Å². The highest BCUT2D eigenvalue weighted by molar-refractivity contribution is 6.34. The van der Waals surface area contributed by atoms with Crippen LogP contribution < -0.4 is 20.2 Å². The van der Waals surface area contributed by atoms with E-state index in [9.17, 15) is 9.59 Å². The summed E-state index contributed by atoms with van der Waals surface area (Å²) in [7, 11) is 3.12. The van der Waals surface area contributed by atoms with Crippen LogP contribution in [0.15, 0.2) is 71.8 Å². The van der Waals surface area contributed by atoms with Crippen LogP contribution in [0.2, 0.25) is 5.02 Å². The second kappa shape index (κ2) is 10.5. The number of carbonyl (C=O) groups excluding carboxylic acids is 2. The summed E-state index contributed by atoms with van der Waals surface area (Å²) in [5.41, 5.74) is 5.12. The van der Waals surface area contributed by atoms with Gasteiger partial charge in [-0.25, -0.2) is 5.43 Å². The van der Waals surface area contributed by atoms with E-state index in [4.69, 9.17) is 21.1 Å². The molecule has 0 saturated heterocycles. The third-order valence-electron chi connectivity index (χ3n) is 4.65. The van der Waals surface area contributed by atoms with Crippen LogP contribution in [0.25, 0.3) is 0 Å². The normalized spacial score (nSPS) is 10.9. The number of carbonyl (C=O) groups is 2. The lowest BCUT2D eigenvalue weighted by Crippen LogP contribution is -2.19. The smallest absolute Gasteiger partial charge is 0.271 e. The zero-order valence-corrected chi connectivity index (χ0v) is 18.6. The molecule has 2 amide bonds. The first kappa shape index (κ1) is 22.8. The molecule has 0 saturated carbocycles. The van der Waals surface area contributed by atoms with E-state index < -0.39 is 0 Å². The average molecular weight is 452 g/mol. The molecule has 0 heterocycles. The highest BCUT2D eigenvalue weighted by Crippen LogP contribution is 2.25.